The van der Waals surface area contributed by atoms with Gasteiger partial charge in [-0.1, -0.05) is 28.1 Å². The summed E-state index contributed by atoms with van der Waals surface area (Å²) in [6, 6.07) is 6.30. The Morgan fingerprint density at radius 3 is 2.79 bits per heavy atom. The molecule has 1 rings (SSSR count). The summed E-state index contributed by atoms with van der Waals surface area (Å²) in [6.07, 6.45) is 0. The number of nitrogens with two attached hydrogens (primary N) is 1. The highest BCUT2D eigenvalue weighted by molar-refractivity contribution is 9.10. The van der Waals surface area contributed by atoms with Crippen molar-refractivity contribution in [2.45, 2.75) is 13.5 Å². The maximum absolute atomic E-state index is 5.50. The molecule has 0 bridgehead atoms. The lowest BCUT2D eigenvalue weighted by atomic mass is 10.1. The van der Waals surface area contributed by atoms with Crippen molar-refractivity contribution in [3.63, 3.8) is 0 Å². The lowest BCUT2D eigenvalue weighted by Gasteiger charge is -2.17. The summed E-state index contributed by atoms with van der Waals surface area (Å²) < 4.78 is 1.18. The van der Waals surface area contributed by atoms with Gasteiger partial charge in [-0.2, -0.15) is 0 Å². The van der Waals surface area contributed by atoms with Crippen LogP contribution in [0.5, 0.6) is 0 Å². The zero-order chi connectivity index (χ0) is 10.6. The molecule has 2 N–H and O–H groups in total. The molecule has 0 atom stereocenters. The van der Waals surface area contributed by atoms with Crippen LogP contribution in [0.1, 0.15) is 11.1 Å². The van der Waals surface area contributed by atoms with Gasteiger partial charge >= 0.3 is 0 Å². The highest BCUT2D eigenvalue weighted by Gasteiger charge is 2.04. The predicted octanol–water partition coefficient (Wildman–Crippen LogP) is 2.15. The second-order valence-electron chi connectivity index (χ2n) is 3.55. The number of benzene rings is 1. The number of likely N-dealkylation sites (N-methyl/N-ethyl adjacent to an activating group) is 1. The Bertz CT molecular complexity index is 299. The molecule has 14 heavy (non-hydrogen) atoms. The van der Waals surface area contributed by atoms with Crippen molar-refractivity contribution in [2.24, 2.45) is 5.73 Å². The smallest absolute Gasteiger partial charge is 0.0234 e. The molecule has 3 heteroatoms. The van der Waals surface area contributed by atoms with E-state index < -0.39 is 0 Å². The second kappa shape index (κ2) is 5.49. The van der Waals surface area contributed by atoms with Crippen molar-refractivity contribution in [1.29, 1.82) is 0 Å². The van der Waals surface area contributed by atoms with Crippen molar-refractivity contribution < 1.29 is 0 Å². The van der Waals surface area contributed by atoms with Crippen LogP contribution in [0.25, 0.3) is 0 Å². The summed E-state index contributed by atoms with van der Waals surface area (Å²) in [6.45, 7) is 4.74. The van der Waals surface area contributed by atoms with Gasteiger partial charge in [-0.15, -0.1) is 0 Å². The molecule has 0 aliphatic rings. The lowest BCUT2D eigenvalue weighted by Crippen LogP contribution is -2.25. The van der Waals surface area contributed by atoms with Gasteiger partial charge in [0.25, 0.3) is 0 Å². The van der Waals surface area contributed by atoms with E-state index in [0.29, 0.717) is 6.54 Å². The van der Waals surface area contributed by atoms with Crippen LogP contribution in [-0.4, -0.2) is 25.0 Å². The van der Waals surface area contributed by atoms with E-state index in [0.717, 1.165) is 13.1 Å². The molecule has 2 nitrogen and oxygen atoms in total. The Morgan fingerprint density at radius 2 is 2.14 bits per heavy atom. The third kappa shape index (κ3) is 3.08. The fraction of sp³-hybridized carbons (Fsp3) is 0.455. The van der Waals surface area contributed by atoms with Crippen LogP contribution in [0.3, 0.4) is 0 Å². The van der Waals surface area contributed by atoms with E-state index in [9.17, 15) is 0 Å². The number of hydrogen-bond donors (Lipinski definition) is 1. The maximum Gasteiger partial charge on any atom is 0.0234 e. The standard InChI is InChI=1S/C11H17BrN2/c1-9-10(4-3-5-11(9)12)8-14(2)7-6-13/h3-5H,6-8,13H2,1-2H3. The van der Waals surface area contributed by atoms with E-state index in [4.69, 9.17) is 5.73 Å². The van der Waals surface area contributed by atoms with E-state index in [2.05, 4.69) is 53.0 Å². The van der Waals surface area contributed by atoms with Gasteiger partial charge in [0.2, 0.25) is 0 Å². The Morgan fingerprint density at radius 1 is 1.43 bits per heavy atom. The predicted molar refractivity (Wildman–Crippen MR) is 64.3 cm³/mol. The van der Waals surface area contributed by atoms with Crippen LogP contribution in [-0.2, 0) is 6.54 Å². The van der Waals surface area contributed by atoms with Gasteiger partial charge in [-0.3, -0.25) is 0 Å². The lowest BCUT2D eigenvalue weighted by molar-refractivity contribution is 0.335. The summed E-state index contributed by atoms with van der Waals surface area (Å²) in [5.74, 6) is 0. The second-order valence-corrected chi connectivity index (χ2v) is 4.40. The highest BCUT2D eigenvalue weighted by Crippen LogP contribution is 2.20. The molecular formula is C11H17BrN2. The molecule has 0 spiro atoms. The first-order valence-corrected chi connectivity index (χ1v) is 5.57. The molecular weight excluding hydrogens is 240 g/mol. The van der Waals surface area contributed by atoms with Crippen molar-refractivity contribution in [1.82, 2.24) is 4.90 Å². The molecule has 0 saturated carbocycles. The summed E-state index contributed by atoms with van der Waals surface area (Å²) in [5, 5.41) is 0. The Kier molecular flexibility index (Phi) is 4.58. The quantitative estimate of drug-likeness (QED) is 0.895. The van der Waals surface area contributed by atoms with Gasteiger partial charge < -0.3 is 10.6 Å². The minimum Gasteiger partial charge on any atom is -0.329 e. The van der Waals surface area contributed by atoms with Crippen LogP contribution >= 0.6 is 15.9 Å². The van der Waals surface area contributed by atoms with Gasteiger partial charge in [0.15, 0.2) is 0 Å². The topological polar surface area (TPSA) is 29.3 Å². The molecule has 0 aliphatic carbocycles. The van der Waals surface area contributed by atoms with Gasteiger partial charge in [-0.05, 0) is 31.2 Å². The Hall–Kier alpha value is -0.380. The molecule has 0 unspecified atom stereocenters. The van der Waals surface area contributed by atoms with Crippen LogP contribution in [0, 0.1) is 6.92 Å². The molecule has 0 amide bonds. The monoisotopic (exact) mass is 256 g/mol. The average Bonchev–Trinajstić information content (AvgIpc) is 2.13. The van der Waals surface area contributed by atoms with Gasteiger partial charge in [0, 0.05) is 24.1 Å². The largest absolute Gasteiger partial charge is 0.329 e. The zero-order valence-electron chi connectivity index (χ0n) is 8.76. The molecule has 0 radical (unpaired) electrons. The van der Waals surface area contributed by atoms with Crippen LogP contribution < -0.4 is 5.73 Å². The fourth-order valence-electron chi connectivity index (χ4n) is 1.41. The van der Waals surface area contributed by atoms with Gasteiger partial charge in [0.05, 0.1) is 0 Å². The first kappa shape index (κ1) is 11.7. The van der Waals surface area contributed by atoms with Crippen molar-refractivity contribution >= 4 is 15.9 Å². The summed E-state index contributed by atoms with van der Waals surface area (Å²) in [7, 11) is 2.09. The summed E-state index contributed by atoms with van der Waals surface area (Å²) in [4.78, 5) is 2.23. The average molecular weight is 257 g/mol. The molecule has 0 heterocycles. The first-order valence-electron chi connectivity index (χ1n) is 4.77. The van der Waals surface area contributed by atoms with E-state index in [-0.39, 0.29) is 0 Å². The van der Waals surface area contributed by atoms with Gasteiger partial charge in [0.1, 0.15) is 0 Å². The Labute approximate surface area is 94.2 Å². The number of halogens is 1. The van der Waals surface area contributed by atoms with E-state index in [1.54, 1.807) is 0 Å². The van der Waals surface area contributed by atoms with Crippen molar-refractivity contribution in [3.05, 3.63) is 33.8 Å². The van der Waals surface area contributed by atoms with Gasteiger partial charge in [-0.25, -0.2) is 0 Å². The van der Waals surface area contributed by atoms with Crippen LogP contribution in [0.15, 0.2) is 22.7 Å². The van der Waals surface area contributed by atoms with Crippen molar-refractivity contribution in [2.75, 3.05) is 20.1 Å². The molecule has 1 aromatic rings. The number of rotatable bonds is 4. The van der Waals surface area contributed by atoms with Crippen LogP contribution in [0.2, 0.25) is 0 Å². The first-order chi connectivity index (χ1) is 6.65. The fourth-order valence-corrected chi connectivity index (χ4v) is 1.82. The molecule has 1 aromatic carbocycles. The van der Waals surface area contributed by atoms with E-state index >= 15 is 0 Å². The maximum atomic E-state index is 5.50. The molecule has 0 aliphatic heterocycles. The molecule has 0 aromatic heterocycles. The van der Waals surface area contributed by atoms with E-state index in [1.807, 2.05) is 0 Å². The van der Waals surface area contributed by atoms with Crippen LogP contribution in [0.4, 0.5) is 0 Å². The zero-order valence-corrected chi connectivity index (χ0v) is 10.3. The third-order valence-electron chi connectivity index (χ3n) is 2.33. The summed E-state index contributed by atoms with van der Waals surface area (Å²) in [5.41, 5.74) is 8.17. The minimum atomic E-state index is 0.712. The van der Waals surface area contributed by atoms with Crippen molar-refractivity contribution in [3.8, 4) is 0 Å². The number of hydrogen-bond acceptors (Lipinski definition) is 2. The molecule has 78 valence electrons. The summed E-state index contributed by atoms with van der Waals surface area (Å²) >= 11 is 3.53. The Balaban J connectivity index is 2.71. The molecule has 0 fully saturated rings. The normalized spacial score (nSPS) is 10.9. The highest BCUT2D eigenvalue weighted by atomic mass is 79.9. The molecule has 0 saturated heterocycles. The minimum absolute atomic E-state index is 0.712. The van der Waals surface area contributed by atoms with E-state index in [1.165, 1.54) is 15.6 Å². The third-order valence-corrected chi connectivity index (χ3v) is 3.19. The SMILES string of the molecule is Cc1c(Br)cccc1CN(C)CCN. The number of nitrogens with zero attached hydrogens (tertiary/aromatic N) is 1.